The molecule has 10 heteroatoms. The van der Waals surface area contributed by atoms with Crippen LogP contribution in [0, 0.1) is 22.7 Å². The minimum Gasteiger partial charge on any atom is -0.371 e. The van der Waals surface area contributed by atoms with Crippen LogP contribution in [0.1, 0.15) is 34.5 Å². The predicted octanol–water partition coefficient (Wildman–Crippen LogP) is 3.02. The largest absolute Gasteiger partial charge is 0.417 e. The zero-order valence-corrected chi connectivity index (χ0v) is 19.0. The lowest BCUT2D eigenvalue weighted by Gasteiger charge is -2.43. The molecule has 0 radical (unpaired) electrons. The highest BCUT2D eigenvalue weighted by Crippen LogP contribution is 2.46. The second kappa shape index (κ2) is 8.70. The number of alkyl halides is 3. The smallest absolute Gasteiger partial charge is 0.371 e. The molecule has 1 atom stereocenters. The SMILES string of the molecule is CNC(=O)C1CN(C(=O)c2cccn2C)CC12CCN(c1ccc(C#N)c(C(F)(F)F)c1)CC2. The summed E-state index contributed by atoms with van der Waals surface area (Å²) in [6.45, 7) is 1.62. The van der Waals surface area contributed by atoms with Crippen LogP contribution < -0.4 is 10.2 Å². The fourth-order valence-corrected chi connectivity index (χ4v) is 5.28. The Balaban J connectivity index is 1.56. The van der Waals surface area contributed by atoms with Crippen molar-refractivity contribution in [2.24, 2.45) is 18.4 Å². The Kier molecular flexibility index (Phi) is 6.06. The number of nitriles is 1. The van der Waals surface area contributed by atoms with Crippen LogP contribution in [0.4, 0.5) is 18.9 Å². The second-order valence-electron chi connectivity index (χ2n) is 9.05. The van der Waals surface area contributed by atoms with Gasteiger partial charge in [0.05, 0.1) is 23.1 Å². The van der Waals surface area contributed by atoms with Gasteiger partial charge in [0.15, 0.2) is 0 Å². The molecule has 2 aromatic rings. The zero-order valence-electron chi connectivity index (χ0n) is 19.0. The molecule has 2 amide bonds. The minimum absolute atomic E-state index is 0.131. The molecule has 2 fully saturated rings. The third-order valence-corrected chi connectivity index (χ3v) is 7.21. The Labute approximate surface area is 195 Å². The van der Waals surface area contributed by atoms with Crippen LogP contribution in [0.2, 0.25) is 0 Å². The highest BCUT2D eigenvalue weighted by atomic mass is 19.4. The third kappa shape index (κ3) is 4.11. The van der Waals surface area contributed by atoms with Crippen LogP contribution in [0.25, 0.3) is 0 Å². The van der Waals surface area contributed by atoms with Crippen LogP contribution in [0.5, 0.6) is 0 Å². The molecule has 0 saturated carbocycles. The van der Waals surface area contributed by atoms with E-state index in [-0.39, 0.29) is 11.8 Å². The van der Waals surface area contributed by atoms with Crippen molar-refractivity contribution in [3.63, 3.8) is 0 Å². The quantitative estimate of drug-likeness (QED) is 0.743. The first-order chi connectivity index (χ1) is 16.1. The number of carbonyl (C=O) groups excluding carboxylic acids is 2. The van der Waals surface area contributed by atoms with Crippen molar-refractivity contribution in [1.82, 2.24) is 14.8 Å². The monoisotopic (exact) mass is 473 g/mol. The van der Waals surface area contributed by atoms with Gasteiger partial charge in [-0.25, -0.2) is 0 Å². The van der Waals surface area contributed by atoms with E-state index in [1.807, 2.05) is 4.90 Å². The van der Waals surface area contributed by atoms with E-state index < -0.39 is 28.6 Å². The number of amides is 2. The molecule has 4 rings (SSSR count). The minimum atomic E-state index is -4.62. The lowest BCUT2D eigenvalue weighted by Crippen LogP contribution is -2.48. The molecule has 2 saturated heterocycles. The average molecular weight is 473 g/mol. The maximum absolute atomic E-state index is 13.4. The van der Waals surface area contributed by atoms with Crippen molar-refractivity contribution < 1.29 is 22.8 Å². The number of rotatable bonds is 3. The molecule has 0 aliphatic carbocycles. The predicted molar refractivity (Wildman–Crippen MR) is 119 cm³/mol. The Bertz CT molecular complexity index is 1140. The molecule has 1 aromatic carbocycles. The van der Waals surface area contributed by atoms with Crippen molar-refractivity contribution in [3.05, 3.63) is 53.3 Å². The summed E-state index contributed by atoms with van der Waals surface area (Å²) in [5.41, 5.74) is -0.863. The highest BCUT2D eigenvalue weighted by molar-refractivity contribution is 5.94. The number of likely N-dealkylation sites (tertiary alicyclic amines) is 1. The number of nitrogens with zero attached hydrogens (tertiary/aromatic N) is 4. The Hall–Kier alpha value is -3.48. The van der Waals surface area contributed by atoms with E-state index in [1.165, 1.54) is 12.1 Å². The number of aromatic nitrogens is 1. The molecule has 3 heterocycles. The van der Waals surface area contributed by atoms with E-state index in [2.05, 4.69) is 5.32 Å². The molecule has 1 N–H and O–H groups in total. The highest BCUT2D eigenvalue weighted by Gasteiger charge is 2.52. The Morgan fingerprint density at radius 3 is 2.47 bits per heavy atom. The summed E-state index contributed by atoms with van der Waals surface area (Å²) < 4.78 is 42.0. The summed E-state index contributed by atoms with van der Waals surface area (Å²) in [5.74, 6) is -0.661. The summed E-state index contributed by atoms with van der Waals surface area (Å²) in [5, 5.41) is 11.8. The fraction of sp³-hybridized carbons (Fsp3) is 0.458. The molecule has 1 unspecified atom stereocenters. The number of piperidine rings is 1. The van der Waals surface area contributed by atoms with Gasteiger partial charge in [-0.2, -0.15) is 18.4 Å². The van der Waals surface area contributed by atoms with Crippen LogP contribution in [-0.4, -0.2) is 54.5 Å². The number of carbonyl (C=O) groups is 2. The first kappa shape index (κ1) is 23.7. The van der Waals surface area contributed by atoms with Gasteiger partial charge in [-0.1, -0.05) is 0 Å². The van der Waals surface area contributed by atoms with Gasteiger partial charge >= 0.3 is 6.18 Å². The molecule has 1 aromatic heterocycles. The molecular formula is C24H26F3N5O2. The van der Waals surface area contributed by atoms with E-state index in [9.17, 15) is 22.8 Å². The Morgan fingerprint density at radius 1 is 1.21 bits per heavy atom. The van der Waals surface area contributed by atoms with E-state index in [0.717, 1.165) is 6.07 Å². The van der Waals surface area contributed by atoms with Crippen LogP contribution >= 0.6 is 0 Å². The van der Waals surface area contributed by atoms with Gasteiger partial charge in [-0.3, -0.25) is 9.59 Å². The third-order valence-electron chi connectivity index (χ3n) is 7.21. The van der Waals surface area contributed by atoms with Crippen LogP contribution in [-0.2, 0) is 18.0 Å². The molecule has 2 aliphatic heterocycles. The van der Waals surface area contributed by atoms with Crippen LogP contribution in [0.15, 0.2) is 36.5 Å². The summed E-state index contributed by atoms with van der Waals surface area (Å²) in [7, 11) is 3.36. The number of nitrogens with one attached hydrogen (secondary N) is 1. The fourth-order valence-electron chi connectivity index (χ4n) is 5.28. The molecule has 0 bridgehead atoms. The van der Waals surface area contributed by atoms with E-state index in [0.29, 0.717) is 50.4 Å². The maximum Gasteiger partial charge on any atom is 0.417 e. The standard InChI is InChI=1S/C24H26F3N5O2/c1-29-21(33)19-14-32(22(34)20-4-3-9-30(20)2)15-23(19)7-10-31(11-8-23)17-6-5-16(13-28)18(12-17)24(25,26)27/h3-6,9,12,19H,7-8,10-11,14-15H2,1-2H3,(H,29,33). The molecule has 34 heavy (non-hydrogen) atoms. The van der Waals surface area contributed by atoms with Gasteiger partial charge in [0, 0.05) is 57.6 Å². The summed E-state index contributed by atoms with van der Waals surface area (Å²) >= 11 is 0. The van der Waals surface area contributed by atoms with Gasteiger partial charge in [0.25, 0.3) is 5.91 Å². The van der Waals surface area contributed by atoms with Crippen molar-refractivity contribution in [3.8, 4) is 6.07 Å². The van der Waals surface area contributed by atoms with Crippen molar-refractivity contribution in [2.75, 3.05) is 38.1 Å². The van der Waals surface area contributed by atoms with Gasteiger partial charge in [0.2, 0.25) is 5.91 Å². The van der Waals surface area contributed by atoms with Crippen molar-refractivity contribution >= 4 is 17.5 Å². The normalized spacial score (nSPS) is 19.8. The van der Waals surface area contributed by atoms with Gasteiger partial charge in [0.1, 0.15) is 5.69 Å². The average Bonchev–Trinajstić information content (AvgIpc) is 3.41. The summed E-state index contributed by atoms with van der Waals surface area (Å²) in [6.07, 6.45) is -1.71. The number of benzene rings is 1. The number of aryl methyl sites for hydroxylation is 1. The number of halogens is 3. The van der Waals surface area contributed by atoms with Gasteiger partial charge < -0.3 is 19.7 Å². The van der Waals surface area contributed by atoms with E-state index >= 15 is 0 Å². The zero-order chi connectivity index (χ0) is 24.7. The molecule has 2 aliphatic rings. The molecule has 1 spiro atoms. The second-order valence-corrected chi connectivity index (χ2v) is 9.05. The first-order valence-corrected chi connectivity index (χ1v) is 11.1. The molecule has 180 valence electrons. The molecule has 7 nitrogen and oxygen atoms in total. The van der Waals surface area contributed by atoms with Gasteiger partial charge in [-0.15, -0.1) is 0 Å². The van der Waals surface area contributed by atoms with E-state index in [1.54, 1.807) is 48.0 Å². The number of hydrogen-bond donors (Lipinski definition) is 1. The lowest BCUT2D eigenvalue weighted by atomic mass is 9.70. The van der Waals surface area contributed by atoms with Crippen molar-refractivity contribution in [2.45, 2.75) is 19.0 Å². The van der Waals surface area contributed by atoms with Crippen molar-refractivity contribution in [1.29, 1.82) is 5.26 Å². The van der Waals surface area contributed by atoms with Crippen LogP contribution in [0.3, 0.4) is 0 Å². The molecular weight excluding hydrogens is 447 g/mol. The first-order valence-electron chi connectivity index (χ1n) is 11.1. The lowest BCUT2D eigenvalue weighted by molar-refractivity contribution is -0.137. The summed E-state index contributed by atoms with van der Waals surface area (Å²) in [6, 6.07) is 8.89. The number of hydrogen-bond acceptors (Lipinski definition) is 4. The van der Waals surface area contributed by atoms with Gasteiger partial charge in [-0.05, 0) is 43.2 Å². The maximum atomic E-state index is 13.4. The Morgan fingerprint density at radius 2 is 1.91 bits per heavy atom. The summed E-state index contributed by atoms with van der Waals surface area (Å²) in [4.78, 5) is 29.4. The van der Waals surface area contributed by atoms with E-state index in [4.69, 9.17) is 5.26 Å². The number of anilines is 1. The topological polar surface area (TPSA) is 81.4 Å².